The average Bonchev–Trinajstić information content (AvgIpc) is 3.77. The van der Waals surface area contributed by atoms with Gasteiger partial charge in [0, 0.05) is 86.1 Å². The number of nitrogens with zero attached hydrogens (tertiary/aromatic N) is 2. The Morgan fingerprint density at radius 2 is 1.39 bits per heavy atom. The molecule has 0 aliphatic carbocycles. The maximum Gasteiger partial charge on any atom is 0.243 e. The van der Waals surface area contributed by atoms with E-state index in [-0.39, 0.29) is 132 Å². The van der Waals surface area contributed by atoms with Crippen molar-refractivity contribution in [2.45, 2.75) is 133 Å². The molecule has 1 aliphatic heterocycles. The number of fused-ring (bicyclic) bond motifs is 1. The number of carbonyl (C=O) groups is 9. The van der Waals surface area contributed by atoms with Crippen molar-refractivity contribution in [1.82, 2.24) is 31.6 Å². The average molecular weight is 1060 g/mol. The normalized spacial score (nSPS) is 21.4. The Balaban J connectivity index is 1.77. The van der Waals surface area contributed by atoms with E-state index in [9.17, 15) is 43.2 Å². The molecule has 0 unspecified atom stereocenters. The molecule has 1 saturated heterocycles. The van der Waals surface area contributed by atoms with Gasteiger partial charge in [-0.25, -0.2) is 0 Å². The van der Waals surface area contributed by atoms with E-state index >= 15 is 0 Å². The second-order valence-electron chi connectivity index (χ2n) is 18.8. The maximum atomic E-state index is 14.8. The van der Waals surface area contributed by atoms with Gasteiger partial charge in [-0.3, -0.25) is 53.1 Å². The van der Waals surface area contributed by atoms with E-state index in [1.165, 1.54) is 6.92 Å². The van der Waals surface area contributed by atoms with Crippen LogP contribution in [0.4, 0.5) is 0 Å². The largest absolute Gasteiger partial charge is 0.370 e. The number of H-pyrrole nitrogens is 1. The lowest BCUT2D eigenvalue weighted by atomic mass is 9.83. The number of aromatic amines is 1. The van der Waals surface area contributed by atoms with Crippen LogP contribution in [-0.4, -0.2) is 120 Å². The number of hydrogen-bond donors (Lipinski definition) is 12. The molecule has 1 aromatic heterocycles. The van der Waals surface area contributed by atoms with Crippen LogP contribution in [0.25, 0.3) is 10.9 Å². The second kappa shape index (κ2) is 30.7. The van der Waals surface area contributed by atoms with Gasteiger partial charge in [-0.15, -0.1) is 0 Å². The number of primary amides is 1. The molecule has 24 heteroatoms. The number of carbonyl (C=O) groups excluding carboxylic acids is 9. The van der Waals surface area contributed by atoms with Crippen LogP contribution in [0.3, 0.4) is 0 Å². The third kappa shape index (κ3) is 20.4. The summed E-state index contributed by atoms with van der Waals surface area (Å²) < 4.78 is 0. The van der Waals surface area contributed by atoms with Gasteiger partial charge in [0.25, 0.3) is 0 Å². The number of amides is 6. The molecule has 23 nitrogen and oxygen atoms in total. The molecule has 0 radical (unpaired) electrons. The summed E-state index contributed by atoms with van der Waals surface area (Å²) >= 11 is 6.59. The Labute approximate surface area is 440 Å². The molecule has 0 bridgehead atoms. The van der Waals surface area contributed by atoms with Gasteiger partial charge in [-0.2, -0.15) is 0 Å². The van der Waals surface area contributed by atoms with Crippen LogP contribution in [0, 0.1) is 11.8 Å². The number of para-hydroxylation sites is 1. The Kier molecular flexibility index (Phi) is 24.6. The van der Waals surface area contributed by atoms with E-state index in [2.05, 4.69) is 41.6 Å². The van der Waals surface area contributed by atoms with Crippen LogP contribution in [0.2, 0.25) is 5.02 Å². The molecule has 7 atom stereocenters. The molecular weight excluding hydrogens is 988 g/mol. The van der Waals surface area contributed by atoms with Crippen molar-refractivity contribution < 1.29 is 43.2 Å². The molecule has 2 heterocycles. The van der Waals surface area contributed by atoms with Crippen molar-refractivity contribution in [3.8, 4) is 0 Å². The minimum Gasteiger partial charge on any atom is -0.370 e. The first-order chi connectivity index (χ1) is 35.8. The van der Waals surface area contributed by atoms with Gasteiger partial charge in [0.2, 0.25) is 35.4 Å². The van der Waals surface area contributed by atoms with Crippen molar-refractivity contribution in [3.05, 3.63) is 70.9 Å². The number of hydrogen-bond acceptors (Lipinski definition) is 12. The van der Waals surface area contributed by atoms with Gasteiger partial charge in [0.1, 0.15) is 35.7 Å². The number of Topliss-reactive ketones (excluding diaryl/α,β-unsaturated/α-hetero) is 3. The molecule has 6 amide bonds. The van der Waals surface area contributed by atoms with E-state index in [0.29, 0.717) is 5.56 Å². The van der Waals surface area contributed by atoms with Crippen molar-refractivity contribution in [3.63, 3.8) is 0 Å². The number of halogens is 1. The Morgan fingerprint density at radius 3 is 2.07 bits per heavy atom. The fourth-order valence-corrected chi connectivity index (χ4v) is 9.10. The number of nitrogens with one attached hydrogen (secondary N) is 6. The zero-order chi connectivity index (χ0) is 55.0. The smallest absolute Gasteiger partial charge is 0.243 e. The summed E-state index contributed by atoms with van der Waals surface area (Å²) in [5.41, 5.74) is 35.9. The number of aliphatic imine (C=N–C) groups is 2. The molecule has 1 aliphatic rings. The first kappa shape index (κ1) is 60.2. The summed E-state index contributed by atoms with van der Waals surface area (Å²) in [6.07, 6.45) is 1.51. The first-order valence-electron chi connectivity index (χ1n) is 25.2. The number of ketones is 3. The molecule has 3 aromatic rings. The fraction of sp³-hybridized carbons (Fsp3) is 0.510. The van der Waals surface area contributed by atoms with E-state index in [4.69, 9.17) is 46.0 Å². The summed E-state index contributed by atoms with van der Waals surface area (Å²) in [6.45, 7) is 1.34. The lowest BCUT2D eigenvalue weighted by Crippen LogP contribution is -2.58. The van der Waals surface area contributed by atoms with Crippen LogP contribution in [0.1, 0.15) is 102 Å². The number of guanidine groups is 2. The van der Waals surface area contributed by atoms with Gasteiger partial charge < -0.3 is 66.0 Å². The molecule has 408 valence electrons. The molecule has 2 aromatic carbocycles. The van der Waals surface area contributed by atoms with Gasteiger partial charge in [-0.05, 0) is 87.6 Å². The summed E-state index contributed by atoms with van der Waals surface area (Å²) in [7, 11) is 0. The van der Waals surface area contributed by atoms with E-state index in [1.54, 1.807) is 30.5 Å². The first-order valence-corrected chi connectivity index (χ1v) is 25.6. The lowest BCUT2D eigenvalue weighted by Gasteiger charge is -2.27. The minimum atomic E-state index is -1.43. The zero-order valence-corrected chi connectivity index (χ0v) is 43.1. The Bertz CT molecular complexity index is 2540. The van der Waals surface area contributed by atoms with Gasteiger partial charge in [0.15, 0.2) is 17.7 Å². The summed E-state index contributed by atoms with van der Waals surface area (Å²) in [5.74, 6) is -8.25. The van der Waals surface area contributed by atoms with Gasteiger partial charge >= 0.3 is 0 Å². The Hall–Kier alpha value is -7.40. The van der Waals surface area contributed by atoms with Crippen LogP contribution in [-0.2, 0) is 56.0 Å². The van der Waals surface area contributed by atoms with Crippen molar-refractivity contribution >= 4 is 87.2 Å². The highest BCUT2D eigenvalue weighted by Gasteiger charge is 2.35. The molecule has 0 spiro atoms. The quantitative estimate of drug-likeness (QED) is 0.0456. The summed E-state index contributed by atoms with van der Waals surface area (Å²) in [4.78, 5) is 136. The predicted octanol–water partition coefficient (Wildman–Crippen LogP) is 0.0658. The molecule has 75 heavy (non-hydrogen) atoms. The molecular formula is C51H73ClN14O9. The number of benzene rings is 2. The predicted molar refractivity (Wildman–Crippen MR) is 284 cm³/mol. The number of rotatable bonds is 18. The van der Waals surface area contributed by atoms with Crippen LogP contribution < -0.4 is 61.0 Å². The molecule has 1 fully saturated rings. The fourth-order valence-electron chi connectivity index (χ4n) is 8.89. The maximum absolute atomic E-state index is 14.8. The molecule has 18 N–H and O–H groups in total. The Morgan fingerprint density at radius 1 is 0.720 bits per heavy atom. The van der Waals surface area contributed by atoms with Crippen molar-refractivity contribution in [2.24, 2.45) is 56.2 Å². The summed E-state index contributed by atoms with van der Waals surface area (Å²) in [6, 6.07) is 7.60. The highest BCUT2D eigenvalue weighted by molar-refractivity contribution is 6.31. The highest BCUT2D eigenvalue weighted by atomic mass is 35.5. The van der Waals surface area contributed by atoms with Crippen LogP contribution in [0.5, 0.6) is 0 Å². The third-order valence-corrected chi connectivity index (χ3v) is 13.3. The monoisotopic (exact) mass is 1060 g/mol. The molecule has 0 saturated carbocycles. The van der Waals surface area contributed by atoms with Crippen molar-refractivity contribution in [2.75, 3.05) is 19.6 Å². The van der Waals surface area contributed by atoms with Crippen LogP contribution in [0.15, 0.2) is 64.7 Å². The lowest BCUT2D eigenvalue weighted by molar-refractivity contribution is -0.135. The SMILES string of the molecule is CC(=O)N[C@@H](CCCN=C(N)N)C(=O)N[C@H]1CCC(=O)CCCC[C@@H](C(N)=O)NC(=O)[C@H](Cc2c[nH]c3ccccc23)CC(=O)[C@H](CCCN=C(N)N)CC(=O)[C@@H](Cc2ccccc2Cl)NC(=O)[C@H](CCN)NC1=O. The highest BCUT2D eigenvalue weighted by Crippen LogP contribution is 2.27. The van der Waals surface area contributed by atoms with E-state index in [0.717, 1.165) is 16.5 Å². The zero-order valence-electron chi connectivity index (χ0n) is 42.4. The number of nitrogens with two attached hydrogens (primary N) is 6. The standard InChI is InChI=1S/C51H73ClN14O9/c1-29(67)62-39(17-9-23-60-51(57)58)47(73)64-40-19-18-34(68)12-3-6-16-38(45(54)71)63-46(72)32(24-33-28-61-37-15-7-4-13-35(33)37)27-43(69)31(11-8-22-59-50(55)56)26-44(70)42(25-30-10-2-5-14-36(30)52)66-49(75)41(20-21-53)65-48(40)74/h2,4-5,7,10,13-15,28,31-32,38-42,61H,3,6,8-9,11-12,16-27,53H2,1H3,(H2,54,71)(H,62,67)(H,63,72)(H,64,73)(H,65,74)(H,66,75)(H4,55,56,59)(H4,57,58,60)/t31-,32-,38+,39+,40+,41+,42-/m1/s1. The van der Waals surface area contributed by atoms with E-state index in [1.807, 2.05) is 24.3 Å². The van der Waals surface area contributed by atoms with Gasteiger partial charge in [-0.1, -0.05) is 54.4 Å². The number of aromatic nitrogens is 1. The van der Waals surface area contributed by atoms with Crippen molar-refractivity contribution in [1.29, 1.82) is 0 Å². The van der Waals surface area contributed by atoms with E-state index < -0.39 is 95.5 Å². The van der Waals surface area contributed by atoms with Crippen LogP contribution >= 0.6 is 11.6 Å². The topological polar surface area (TPSA) is 410 Å². The summed E-state index contributed by atoms with van der Waals surface area (Å²) in [5, 5.41) is 14.5. The minimum absolute atomic E-state index is 0.0116. The third-order valence-electron chi connectivity index (χ3n) is 12.9. The second-order valence-corrected chi connectivity index (χ2v) is 19.2. The molecule has 4 rings (SSSR count). The van der Waals surface area contributed by atoms with Gasteiger partial charge in [0.05, 0.1) is 6.04 Å².